The number of benzene rings is 3. The van der Waals surface area contributed by atoms with Crippen molar-refractivity contribution in [1.82, 2.24) is 4.57 Å². The van der Waals surface area contributed by atoms with E-state index in [1.54, 1.807) is 67.8 Å². The van der Waals surface area contributed by atoms with Crippen molar-refractivity contribution in [2.24, 2.45) is 0 Å². The van der Waals surface area contributed by atoms with E-state index in [9.17, 15) is 27.9 Å². The van der Waals surface area contributed by atoms with Crippen LogP contribution < -0.4 is 14.2 Å². The van der Waals surface area contributed by atoms with Crippen LogP contribution in [0.15, 0.2) is 60.7 Å². The SMILES string of the molecule is CCC(CC)(Oc1cc(Cn2c(C)c(C(=O)c3ccc(OC)cc3)c3ccc(OC(F)(F)F)cc32)ccc1Cl)C(=O)O. The third kappa shape index (κ3) is 6.18. The van der Waals surface area contributed by atoms with Gasteiger partial charge >= 0.3 is 12.3 Å². The molecule has 4 aromatic rings. The molecule has 0 amide bonds. The van der Waals surface area contributed by atoms with E-state index in [2.05, 4.69) is 4.74 Å². The Labute approximate surface area is 245 Å². The number of methoxy groups -OCH3 is 1. The molecule has 0 aliphatic heterocycles. The third-order valence-electron chi connectivity index (χ3n) is 7.28. The van der Waals surface area contributed by atoms with E-state index in [0.29, 0.717) is 39.0 Å². The van der Waals surface area contributed by atoms with Crippen molar-refractivity contribution >= 4 is 34.3 Å². The highest BCUT2D eigenvalue weighted by molar-refractivity contribution is 6.32. The Bertz CT molecular complexity index is 1620. The van der Waals surface area contributed by atoms with Crippen molar-refractivity contribution in [1.29, 1.82) is 0 Å². The van der Waals surface area contributed by atoms with Crippen LogP contribution in [0.4, 0.5) is 13.2 Å². The van der Waals surface area contributed by atoms with E-state index < -0.39 is 23.7 Å². The second kappa shape index (κ2) is 12.0. The summed E-state index contributed by atoms with van der Waals surface area (Å²) in [6, 6.07) is 15.2. The molecule has 0 unspecified atom stereocenters. The van der Waals surface area contributed by atoms with Gasteiger partial charge in [0.05, 0.1) is 23.2 Å². The van der Waals surface area contributed by atoms with Gasteiger partial charge in [0, 0.05) is 29.3 Å². The number of nitrogens with zero attached hydrogens (tertiary/aromatic N) is 1. The third-order valence-corrected chi connectivity index (χ3v) is 7.59. The Kier molecular flexibility index (Phi) is 8.77. The van der Waals surface area contributed by atoms with Crippen LogP contribution >= 0.6 is 11.6 Å². The minimum Gasteiger partial charge on any atom is -0.497 e. The van der Waals surface area contributed by atoms with Gasteiger partial charge in [0.15, 0.2) is 5.78 Å². The van der Waals surface area contributed by atoms with Gasteiger partial charge in [0.1, 0.15) is 17.2 Å². The van der Waals surface area contributed by atoms with Gasteiger partial charge in [-0.05, 0) is 73.9 Å². The highest BCUT2D eigenvalue weighted by Crippen LogP contribution is 2.36. The number of ether oxygens (including phenoxy) is 3. The quantitative estimate of drug-likeness (QED) is 0.176. The molecular weight excluding hydrogens is 575 g/mol. The summed E-state index contributed by atoms with van der Waals surface area (Å²) >= 11 is 6.37. The molecule has 222 valence electrons. The van der Waals surface area contributed by atoms with Crippen LogP contribution in [-0.2, 0) is 11.3 Å². The molecule has 0 radical (unpaired) electrons. The first kappa shape index (κ1) is 30.8. The fourth-order valence-corrected chi connectivity index (χ4v) is 5.04. The average Bonchev–Trinajstić information content (AvgIpc) is 3.22. The fraction of sp³-hybridized carbons (Fsp3) is 0.290. The smallest absolute Gasteiger partial charge is 0.497 e. The molecule has 1 N–H and O–H groups in total. The minimum absolute atomic E-state index is 0.111. The van der Waals surface area contributed by atoms with E-state index >= 15 is 0 Å². The Balaban J connectivity index is 1.83. The van der Waals surface area contributed by atoms with E-state index in [0.717, 1.165) is 0 Å². The van der Waals surface area contributed by atoms with Gasteiger partial charge in [-0.25, -0.2) is 4.79 Å². The Hall–Kier alpha value is -4.18. The number of carbonyl (C=O) groups excluding carboxylic acids is 1. The molecule has 0 spiro atoms. The number of carboxylic acid groups (broad SMARTS) is 1. The second-order valence-electron chi connectivity index (χ2n) is 9.70. The summed E-state index contributed by atoms with van der Waals surface area (Å²) in [7, 11) is 1.51. The molecule has 7 nitrogen and oxygen atoms in total. The fourth-order valence-electron chi connectivity index (χ4n) is 4.89. The summed E-state index contributed by atoms with van der Waals surface area (Å²) in [5, 5.41) is 10.5. The first-order chi connectivity index (χ1) is 19.8. The molecule has 0 aliphatic rings. The predicted octanol–water partition coefficient (Wildman–Crippen LogP) is 7.81. The number of halogens is 4. The predicted molar refractivity (Wildman–Crippen MR) is 152 cm³/mol. The molecule has 11 heteroatoms. The Morgan fingerprint density at radius 3 is 2.14 bits per heavy atom. The molecule has 0 atom stereocenters. The van der Waals surface area contributed by atoms with Crippen LogP contribution in [-0.4, -0.2) is 40.5 Å². The van der Waals surface area contributed by atoms with Crippen molar-refractivity contribution in [2.75, 3.05) is 7.11 Å². The lowest BCUT2D eigenvalue weighted by atomic mass is 9.97. The van der Waals surface area contributed by atoms with Crippen molar-refractivity contribution < 1.29 is 42.1 Å². The number of carbonyl (C=O) groups is 2. The zero-order chi connectivity index (χ0) is 30.8. The van der Waals surface area contributed by atoms with Crippen molar-refractivity contribution in [2.45, 2.75) is 52.1 Å². The summed E-state index contributed by atoms with van der Waals surface area (Å²) in [6.07, 6.45) is -4.52. The van der Waals surface area contributed by atoms with Crippen LogP contribution in [0.1, 0.15) is 53.9 Å². The van der Waals surface area contributed by atoms with Crippen LogP contribution in [0, 0.1) is 6.92 Å². The zero-order valence-corrected chi connectivity index (χ0v) is 24.1. The van der Waals surface area contributed by atoms with Crippen molar-refractivity contribution in [3.8, 4) is 17.2 Å². The molecule has 0 saturated heterocycles. The maximum absolute atomic E-state index is 13.7. The maximum atomic E-state index is 13.7. The van der Waals surface area contributed by atoms with Gasteiger partial charge in [0.25, 0.3) is 0 Å². The number of hydrogen-bond acceptors (Lipinski definition) is 5. The number of alkyl halides is 3. The molecule has 1 heterocycles. The van der Waals surface area contributed by atoms with E-state index in [4.69, 9.17) is 21.1 Å². The number of hydrogen-bond donors (Lipinski definition) is 1. The molecule has 1 aromatic heterocycles. The first-order valence-corrected chi connectivity index (χ1v) is 13.5. The molecule has 0 fully saturated rings. The van der Waals surface area contributed by atoms with Gasteiger partial charge in [-0.15, -0.1) is 13.2 Å². The number of aliphatic carboxylic acids is 1. The number of fused-ring (bicyclic) bond motifs is 1. The van der Waals surface area contributed by atoms with E-state index in [1.165, 1.54) is 25.3 Å². The molecule has 0 bridgehead atoms. The standard InChI is InChI=1S/C31H29ClF3NO6/c1-5-30(6-2,29(38)39)42-26-15-19(7-14-24(26)32)17-36-18(3)27(28(37)20-8-10-21(40-4)11-9-20)23-13-12-22(16-25(23)36)41-31(33,34)35/h7-16H,5-6,17H2,1-4H3,(H,38,39). The van der Waals surface area contributed by atoms with Gasteiger partial charge < -0.3 is 23.9 Å². The average molecular weight is 604 g/mol. The zero-order valence-electron chi connectivity index (χ0n) is 23.3. The van der Waals surface area contributed by atoms with E-state index in [1.807, 2.05) is 0 Å². The lowest BCUT2D eigenvalue weighted by Gasteiger charge is -2.28. The molecule has 4 rings (SSSR count). The van der Waals surface area contributed by atoms with Crippen LogP contribution in [0.5, 0.6) is 17.2 Å². The largest absolute Gasteiger partial charge is 0.573 e. The highest BCUT2D eigenvalue weighted by Gasteiger charge is 2.38. The summed E-state index contributed by atoms with van der Waals surface area (Å²) in [5.41, 5.74) is 0.674. The highest BCUT2D eigenvalue weighted by atomic mass is 35.5. The van der Waals surface area contributed by atoms with Gasteiger partial charge in [-0.1, -0.05) is 31.5 Å². The Morgan fingerprint density at radius 1 is 0.929 bits per heavy atom. The molecule has 0 aliphatic carbocycles. The summed E-state index contributed by atoms with van der Waals surface area (Å²) < 4.78 is 56.1. The van der Waals surface area contributed by atoms with Gasteiger partial charge in [-0.3, -0.25) is 4.79 Å². The summed E-state index contributed by atoms with van der Waals surface area (Å²) in [6.45, 7) is 5.22. The van der Waals surface area contributed by atoms with Crippen molar-refractivity contribution in [3.63, 3.8) is 0 Å². The van der Waals surface area contributed by atoms with Crippen molar-refractivity contribution in [3.05, 3.63) is 88.1 Å². The lowest BCUT2D eigenvalue weighted by molar-refractivity contribution is -0.274. The topological polar surface area (TPSA) is 87.0 Å². The lowest BCUT2D eigenvalue weighted by Crippen LogP contribution is -2.43. The maximum Gasteiger partial charge on any atom is 0.573 e. The molecular formula is C31H29ClF3NO6. The number of aromatic nitrogens is 1. The minimum atomic E-state index is -4.90. The number of ketones is 1. The normalized spacial score (nSPS) is 11.9. The molecule has 0 saturated carbocycles. The van der Waals surface area contributed by atoms with Crippen LogP contribution in [0.3, 0.4) is 0 Å². The summed E-state index contributed by atoms with van der Waals surface area (Å²) in [5.74, 6) is -1.15. The number of carboxylic acids is 1. The molecule has 42 heavy (non-hydrogen) atoms. The molecule has 3 aromatic carbocycles. The number of rotatable bonds is 11. The Morgan fingerprint density at radius 2 is 1.57 bits per heavy atom. The second-order valence-corrected chi connectivity index (χ2v) is 10.1. The van der Waals surface area contributed by atoms with E-state index in [-0.39, 0.29) is 35.9 Å². The van der Waals surface area contributed by atoms with Crippen LogP contribution in [0.2, 0.25) is 5.02 Å². The monoisotopic (exact) mass is 603 g/mol. The first-order valence-electron chi connectivity index (χ1n) is 13.1. The van der Waals surface area contributed by atoms with Gasteiger partial charge in [-0.2, -0.15) is 0 Å². The summed E-state index contributed by atoms with van der Waals surface area (Å²) in [4.78, 5) is 25.7. The van der Waals surface area contributed by atoms with Gasteiger partial charge in [0.2, 0.25) is 5.60 Å². The van der Waals surface area contributed by atoms with Crippen LogP contribution in [0.25, 0.3) is 10.9 Å².